The number of esters is 1. The van der Waals surface area contributed by atoms with Crippen molar-refractivity contribution in [2.24, 2.45) is 0 Å². The normalized spacial score (nSPS) is 14.1. The second kappa shape index (κ2) is 6.95. The van der Waals surface area contributed by atoms with E-state index in [1.807, 2.05) is 0 Å². The molecule has 0 saturated heterocycles. The van der Waals surface area contributed by atoms with E-state index in [1.165, 1.54) is 13.0 Å². The summed E-state index contributed by atoms with van der Waals surface area (Å²) in [5.41, 5.74) is -3.50. The number of carbonyl (C=O) groups excluding carboxylic acids is 2. The quantitative estimate of drug-likeness (QED) is 0.659. The van der Waals surface area contributed by atoms with Crippen LogP contribution in [0.15, 0.2) is 18.3 Å². The fraction of sp³-hybridized carbons (Fsp3) is 0.462. The van der Waals surface area contributed by atoms with Gasteiger partial charge in [0.25, 0.3) is 5.54 Å². The second-order valence-corrected chi connectivity index (χ2v) is 4.64. The molecule has 1 heterocycles. The molecule has 1 amide bonds. The molecule has 0 bridgehead atoms. The Balaban J connectivity index is 3.53. The number of carbonyl (C=O) groups is 2. The van der Waals surface area contributed by atoms with Gasteiger partial charge in [0, 0.05) is 6.20 Å². The first-order valence-corrected chi connectivity index (χ1v) is 6.76. The summed E-state index contributed by atoms with van der Waals surface area (Å²) in [4.78, 5) is 27.1. The molecule has 9 heteroatoms. The van der Waals surface area contributed by atoms with Crippen molar-refractivity contribution in [2.45, 2.75) is 25.6 Å². The Morgan fingerprint density at radius 2 is 2.00 bits per heavy atom. The zero-order valence-electron chi connectivity index (χ0n) is 11.8. The molecule has 0 aliphatic heterocycles. The van der Waals surface area contributed by atoms with Gasteiger partial charge < -0.3 is 10.1 Å². The number of aryl methyl sites for hydroxylation is 1. The largest absolute Gasteiger partial charge is 0.464 e. The third-order valence-electron chi connectivity index (χ3n) is 2.75. The van der Waals surface area contributed by atoms with Gasteiger partial charge in [-0.2, -0.15) is 13.2 Å². The van der Waals surface area contributed by atoms with Gasteiger partial charge in [-0.15, -0.1) is 11.6 Å². The van der Waals surface area contributed by atoms with E-state index in [2.05, 4.69) is 9.72 Å². The molecule has 122 valence electrons. The monoisotopic (exact) mass is 338 g/mol. The molecule has 0 radical (unpaired) electrons. The second-order valence-electron chi connectivity index (χ2n) is 4.37. The molecule has 22 heavy (non-hydrogen) atoms. The van der Waals surface area contributed by atoms with E-state index in [4.69, 9.17) is 11.6 Å². The first-order valence-electron chi connectivity index (χ1n) is 6.23. The molecular weight excluding hydrogens is 325 g/mol. The highest BCUT2D eigenvalue weighted by Gasteiger charge is 2.65. The lowest BCUT2D eigenvalue weighted by Gasteiger charge is -2.33. The van der Waals surface area contributed by atoms with Crippen LogP contribution in [-0.2, 0) is 19.9 Å². The molecule has 1 atom stereocenters. The van der Waals surface area contributed by atoms with Crippen LogP contribution in [0, 0.1) is 6.92 Å². The van der Waals surface area contributed by atoms with Crippen molar-refractivity contribution >= 4 is 23.5 Å². The van der Waals surface area contributed by atoms with Gasteiger partial charge in [-0.05, 0) is 25.5 Å². The van der Waals surface area contributed by atoms with E-state index in [0.717, 1.165) is 12.3 Å². The van der Waals surface area contributed by atoms with Crippen molar-refractivity contribution in [3.63, 3.8) is 0 Å². The summed E-state index contributed by atoms with van der Waals surface area (Å²) in [6, 6.07) is 2.35. The Morgan fingerprint density at radius 1 is 1.36 bits per heavy atom. The summed E-state index contributed by atoms with van der Waals surface area (Å²) in [6.07, 6.45) is -4.01. The number of alkyl halides is 4. The Labute approximate surface area is 129 Å². The van der Waals surface area contributed by atoms with Crippen LogP contribution in [0.4, 0.5) is 13.2 Å². The van der Waals surface area contributed by atoms with Gasteiger partial charge in [-0.3, -0.25) is 9.78 Å². The van der Waals surface area contributed by atoms with E-state index < -0.39 is 35.2 Å². The summed E-state index contributed by atoms with van der Waals surface area (Å²) in [7, 11) is 0. The van der Waals surface area contributed by atoms with Gasteiger partial charge in [0.1, 0.15) is 5.88 Å². The van der Waals surface area contributed by atoms with Crippen LogP contribution in [-0.4, -0.2) is 35.5 Å². The van der Waals surface area contributed by atoms with Crippen LogP contribution in [0.5, 0.6) is 0 Å². The van der Waals surface area contributed by atoms with Crippen LogP contribution in [0.25, 0.3) is 0 Å². The Kier molecular flexibility index (Phi) is 5.76. The van der Waals surface area contributed by atoms with Gasteiger partial charge in [0.05, 0.1) is 12.3 Å². The molecule has 1 N–H and O–H groups in total. The van der Waals surface area contributed by atoms with Crippen molar-refractivity contribution in [2.75, 3.05) is 12.5 Å². The highest BCUT2D eigenvalue weighted by atomic mass is 35.5. The zero-order valence-corrected chi connectivity index (χ0v) is 12.6. The van der Waals surface area contributed by atoms with Crippen molar-refractivity contribution in [3.8, 4) is 0 Å². The van der Waals surface area contributed by atoms with E-state index >= 15 is 0 Å². The number of aromatic nitrogens is 1. The molecule has 0 aromatic carbocycles. The number of amides is 1. The molecule has 1 aromatic rings. The molecule has 1 unspecified atom stereocenters. The predicted octanol–water partition coefficient (Wildman–Crippen LogP) is 2.07. The number of pyridine rings is 1. The SMILES string of the molecule is CCOC(=O)C(NC(=O)CCl)(c1ccc(C)cn1)C(F)(F)F. The highest BCUT2D eigenvalue weighted by Crippen LogP contribution is 2.39. The van der Waals surface area contributed by atoms with Crippen molar-refractivity contribution < 1.29 is 27.5 Å². The summed E-state index contributed by atoms with van der Waals surface area (Å²) in [5.74, 6) is -3.59. The molecule has 0 fully saturated rings. The van der Waals surface area contributed by atoms with E-state index in [-0.39, 0.29) is 6.61 Å². The minimum Gasteiger partial charge on any atom is -0.464 e. The molecule has 0 aliphatic carbocycles. The van der Waals surface area contributed by atoms with Crippen LogP contribution in [0.3, 0.4) is 0 Å². The van der Waals surface area contributed by atoms with Gasteiger partial charge in [0.2, 0.25) is 5.91 Å². The number of ether oxygens (including phenoxy) is 1. The number of rotatable bonds is 5. The third kappa shape index (κ3) is 3.49. The Hall–Kier alpha value is -1.83. The Bertz CT molecular complexity index is 548. The van der Waals surface area contributed by atoms with Gasteiger partial charge >= 0.3 is 12.1 Å². The Morgan fingerprint density at radius 3 is 2.41 bits per heavy atom. The van der Waals surface area contributed by atoms with Crippen molar-refractivity contribution in [1.29, 1.82) is 0 Å². The number of halogens is 4. The van der Waals surface area contributed by atoms with Crippen molar-refractivity contribution in [1.82, 2.24) is 10.3 Å². The number of nitrogens with one attached hydrogen (secondary N) is 1. The smallest absolute Gasteiger partial charge is 0.428 e. The summed E-state index contributed by atoms with van der Waals surface area (Å²) < 4.78 is 45.4. The lowest BCUT2D eigenvalue weighted by molar-refractivity contribution is -0.218. The van der Waals surface area contributed by atoms with Crippen LogP contribution >= 0.6 is 11.6 Å². The van der Waals surface area contributed by atoms with E-state index in [0.29, 0.717) is 5.56 Å². The fourth-order valence-corrected chi connectivity index (χ4v) is 1.79. The maximum atomic E-state index is 13.6. The molecule has 0 aliphatic rings. The molecule has 5 nitrogen and oxygen atoms in total. The molecule has 1 rings (SSSR count). The van der Waals surface area contributed by atoms with Crippen LogP contribution in [0.1, 0.15) is 18.2 Å². The highest BCUT2D eigenvalue weighted by molar-refractivity contribution is 6.27. The minimum atomic E-state index is -5.16. The number of nitrogens with zero attached hydrogens (tertiary/aromatic N) is 1. The molecule has 1 aromatic heterocycles. The average molecular weight is 339 g/mol. The van der Waals surface area contributed by atoms with E-state index in [1.54, 1.807) is 12.2 Å². The number of hydrogen-bond donors (Lipinski definition) is 1. The maximum absolute atomic E-state index is 13.6. The van der Waals surface area contributed by atoms with Crippen LogP contribution in [0.2, 0.25) is 0 Å². The molecule has 0 spiro atoms. The summed E-state index contributed by atoms with van der Waals surface area (Å²) in [6.45, 7) is 2.68. The first-order chi connectivity index (χ1) is 10.2. The topological polar surface area (TPSA) is 68.3 Å². The van der Waals surface area contributed by atoms with Gasteiger partial charge in [0.15, 0.2) is 0 Å². The van der Waals surface area contributed by atoms with Gasteiger partial charge in [-0.25, -0.2) is 4.79 Å². The number of hydrogen-bond acceptors (Lipinski definition) is 4. The zero-order chi connectivity index (χ0) is 17.0. The lowest BCUT2D eigenvalue weighted by Crippen LogP contribution is -2.62. The van der Waals surface area contributed by atoms with Crippen LogP contribution < -0.4 is 5.32 Å². The maximum Gasteiger partial charge on any atom is 0.428 e. The average Bonchev–Trinajstić information content (AvgIpc) is 2.44. The lowest BCUT2D eigenvalue weighted by atomic mass is 9.93. The minimum absolute atomic E-state index is 0.292. The van der Waals surface area contributed by atoms with Crippen molar-refractivity contribution in [3.05, 3.63) is 29.6 Å². The summed E-state index contributed by atoms with van der Waals surface area (Å²) >= 11 is 5.25. The summed E-state index contributed by atoms with van der Waals surface area (Å²) in [5, 5.41) is 1.61. The van der Waals surface area contributed by atoms with Gasteiger partial charge in [-0.1, -0.05) is 6.07 Å². The van der Waals surface area contributed by atoms with E-state index in [9.17, 15) is 22.8 Å². The third-order valence-corrected chi connectivity index (χ3v) is 2.99. The molecular formula is C13H14ClF3N2O3. The predicted molar refractivity (Wildman–Crippen MR) is 72.2 cm³/mol. The molecule has 0 saturated carbocycles. The standard InChI is InChI=1S/C13H14ClF3N2O3/c1-3-22-11(21)12(13(15,16)17,19-10(20)6-14)9-5-4-8(2)7-18-9/h4-5,7H,3,6H2,1-2H3,(H,19,20). The fourth-order valence-electron chi connectivity index (χ4n) is 1.72. The first kappa shape index (κ1) is 18.2.